The Kier molecular flexibility index (Phi) is 3.28. The summed E-state index contributed by atoms with van der Waals surface area (Å²) in [4.78, 5) is 4.35. The third-order valence-electron chi connectivity index (χ3n) is 2.62. The lowest BCUT2D eigenvalue weighted by Crippen LogP contribution is -2.26. The molecular formula is C12H19N5. The monoisotopic (exact) mass is 233 g/mol. The van der Waals surface area contributed by atoms with Gasteiger partial charge in [0.25, 0.3) is 0 Å². The molecule has 2 aromatic heterocycles. The summed E-state index contributed by atoms with van der Waals surface area (Å²) in [6, 6.07) is 2.50. The van der Waals surface area contributed by atoms with Crippen LogP contribution in [0.4, 0.5) is 5.82 Å². The molecule has 0 amide bonds. The Labute approximate surface area is 101 Å². The van der Waals surface area contributed by atoms with Crippen molar-refractivity contribution in [3.05, 3.63) is 24.2 Å². The van der Waals surface area contributed by atoms with Gasteiger partial charge in [0, 0.05) is 24.5 Å². The molecule has 0 aliphatic heterocycles. The molecule has 0 radical (unpaired) electrons. The van der Waals surface area contributed by atoms with Gasteiger partial charge in [0.2, 0.25) is 0 Å². The zero-order valence-electron chi connectivity index (χ0n) is 10.5. The largest absolute Gasteiger partial charge is 0.366 e. The molecular weight excluding hydrogens is 214 g/mol. The van der Waals surface area contributed by atoms with Crippen LogP contribution in [0.15, 0.2) is 18.5 Å². The Morgan fingerprint density at radius 1 is 1.47 bits per heavy atom. The molecule has 0 aromatic carbocycles. The molecule has 0 aliphatic rings. The van der Waals surface area contributed by atoms with E-state index in [-0.39, 0.29) is 6.04 Å². The number of fused-ring (bicyclic) bond motifs is 1. The zero-order chi connectivity index (χ0) is 12.4. The minimum absolute atomic E-state index is 0.184. The van der Waals surface area contributed by atoms with Crippen molar-refractivity contribution in [1.82, 2.24) is 14.6 Å². The van der Waals surface area contributed by atoms with Crippen LogP contribution in [0.1, 0.15) is 26.0 Å². The highest BCUT2D eigenvalue weighted by Crippen LogP contribution is 2.16. The van der Waals surface area contributed by atoms with E-state index in [1.54, 1.807) is 6.20 Å². The van der Waals surface area contributed by atoms with Crippen LogP contribution in [0.25, 0.3) is 5.52 Å². The number of anilines is 1. The van der Waals surface area contributed by atoms with Crippen molar-refractivity contribution in [2.75, 3.05) is 5.32 Å². The number of aromatic nitrogens is 3. The average molecular weight is 233 g/mol. The van der Waals surface area contributed by atoms with Crippen LogP contribution in [0.5, 0.6) is 0 Å². The van der Waals surface area contributed by atoms with Crippen molar-refractivity contribution >= 4 is 11.3 Å². The number of rotatable bonds is 4. The van der Waals surface area contributed by atoms with Crippen LogP contribution in [0, 0.1) is 6.92 Å². The van der Waals surface area contributed by atoms with E-state index in [0.29, 0.717) is 6.04 Å². The van der Waals surface area contributed by atoms with Crippen molar-refractivity contribution in [2.24, 2.45) is 5.73 Å². The maximum atomic E-state index is 5.79. The molecule has 0 fully saturated rings. The third kappa shape index (κ3) is 2.74. The van der Waals surface area contributed by atoms with Crippen LogP contribution in [-0.4, -0.2) is 26.7 Å². The molecule has 0 aliphatic carbocycles. The zero-order valence-corrected chi connectivity index (χ0v) is 10.5. The van der Waals surface area contributed by atoms with Gasteiger partial charge in [0.15, 0.2) is 5.82 Å². The van der Waals surface area contributed by atoms with Gasteiger partial charge in [-0.25, -0.2) is 9.50 Å². The summed E-state index contributed by atoms with van der Waals surface area (Å²) in [6.45, 7) is 6.09. The van der Waals surface area contributed by atoms with Gasteiger partial charge in [-0.3, -0.25) is 0 Å². The molecule has 2 heterocycles. The van der Waals surface area contributed by atoms with E-state index in [4.69, 9.17) is 5.73 Å². The van der Waals surface area contributed by atoms with Crippen molar-refractivity contribution < 1.29 is 0 Å². The van der Waals surface area contributed by atoms with Crippen LogP contribution in [0.2, 0.25) is 0 Å². The molecule has 0 saturated carbocycles. The first-order chi connectivity index (χ1) is 8.06. The first kappa shape index (κ1) is 11.9. The number of aryl methyl sites for hydroxylation is 1. The Hall–Kier alpha value is -1.62. The van der Waals surface area contributed by atoms with Crippen LogP contribution >= 0.6 is 0 Å². The SMILES string of the molecule is Cc1cc2c(NC(C)CC(C)N)nccn2n1. The lowest BCUT2D eigenvalue weighted by Gasteiger charge is -2.16. The molecule has 92 valence electrons. The second-order valence-electron chi connectivity index (χ2n) is 4.65. The van der Waals surface area contributed by atoms with E-state index in [1.807, 2.05) is 30.6 Å². The molecule has 2 unspecified atom stereocenters. The minimum atomic E-state index is 0.184. The van der Waals surface area contributed by atoms with Crippen molar-refractivity contribution in [3.8, 4) is 0 Å². The summed E-state index contributed by atoms with van der Waals surface area (Å²) < 4.78 is 1.84. The van der Waals surface area contributed by atoms with Crippen molar-refractivity contribution in [3.63, 3.8) is 0 Å². The second kappa shape index (κ2) is 4.71. The number of nitrogens with one attached hydrogen (secondary N) is 1. The summed E-state index contributed by atoms with van der Waals surface area (Å²) in [6.07, 6.45) is 4.51. The molecule has 2 atom stereocenters. The van der Waals surface area contributed by atoms with Gasteiger partial charge < -0.3 is 11.1 Å². The molecule has 2 aromatic rings. The second-order valence-corrected chi connectivity index (χ2v) is 4.65. The Balaban J connectivity index is 2.23. The molecule has 0 spiro atoms. The number of nitrogens with zero attached hydrogens (tertiary/aromatic N) is 3. The lowest BCUT2D eigenvalue weighted by molar-refractivity contribution is 0.603. The molecule has 2 rings (SSSR count). The van der Waals surface area contributed by atoms with E-state index in [0.717, 1.165) is 23.4 Å². The fraction of sp³-hybridized carbons (Fsp3) is 0.500. The molecule has 17 heavy (non-hydrogen) atoms. The van der Waals surface area contributed by atoms with Gasteiger partial charge in [-0.05, 0) is 33.3 Å². The maximum absolute atomic E-state index is 5.79. The van der Waals surface area contributed by atoms with Crippen LogP contribution in [0.3, 0.4) is 0 Å². The quantitative estimate of drug-likeness (QED) is 0.841. The predicted octanol–water partition coefficient (Wildman–Crippen LogP) is 1.58. The fourth-order valence-electron chi connectivity index (χ4n) is 2.01. The van der Waals surface area contributed by atoms with Gasteiger partial charge in [0.05, 0.1) is 5.69 Å². The highest BCUT2D eigenvalue weighted by molar-refractivity contribution is 5.67. The normalized spacial score (nSPS) is 14.8. The van der Waals surface area contributed by atoms with Gasteiger partial charge in [-0.1, -0.05) is 0 Å². The summed E-state index contributed by atoms with van der Waals surface area (Å²) in [5.74, 6) is 0.862. The fourth-order valence-corrected chi connectivity index (χ4v) is 2.01. The van der Waals surface area contributed by atoms with Gasteiger partial charge in [-0.2, -0.15) is 5.10 Å². The van der Waals surface area contributed by atoms with Gasteiger partial charge in [-0.15, -0.1) is 0 Å². The lowest BCUT2D eigenvalue weighted by atomic mass is 10.1. The molecule has 5 heteroatoms. The summed E-state index contributed by atoms with van der Waals surface area (Å²) >= 11 is 0. The molecule has 5 nitrogen and oxygen atoms in total. The predicted molar refractivity (Wildman–Crippen MR) is 69.1 cm³/mol. The Bertz CT molecular complexity index is 503. The molecule has 0 saturated heterocycles. The smallest absolute Gasteiger partial charge is 0.152 e. The van der Waals surface area contributed by atoms with Gasteiger partial charge in [0.1, 0.15) is 5.52 Å². The molecule has 3 N–H and O–H groups in total. The van der Waals surface area contributed by atoms with E-state index in [9.17, 15) is 0 Å². The summed E-state index contributed by atoms with van der Waals surface area (Å²) in [5.41, 5.74) is 7.77. The van der Waals surface area contributed by atoms with E-state index in [2.05, 4.69) is 22.3 Å². The third-order valence-corrected chi connectivity index (χ3v) is 2.62. The van der Waals surface area contributed by atoms with E-state index in [1.165, 1.54) is 0 Å². The standard InChI is InChI=1S/C12H19N5/c1-8(13)6-9(2)15-12-11-7-10(3)16-17(11)5-4-14-12/h4-5,7-9H,6,13H2,1-3H3,(H,14,15). The summed E-state index contributed by atoms with van der Waals surface area (Å²) in [7, 11) is 0. The van der Waals surface area contributed by atoms with Crippen LogP contribution in [-0.2, 0) is 0 Å². The van der Waals surface area contributed by atoms with Gasteiger partial charge >= 0.3 is 0 Å². The number of nitrogens with two attached hydrogens (primary N) is 1. The first-order valence-corrected chi connectivity index (χ1v) is 5.89. The average Bonchev–Trinajstić information content (AvgIpc) is 2.58. The van der Waals surface area contributed by atoms with E-state index >= 15 is 0 Å². The minimum Gasteiger partial charge on any atom is -0.366 e. The highest BCUT2D eigenvalue weighted by Gasteiger charge is 2.09. The van der Waals surface area contributed by atoms with E-state index < -0.39 is 0 Å². The first-order valence-electron chi connectivity index (χ1n) is 5.89. The maximum Gasteiger partial charge on any atom is 0.152 e. The summed E-state index contributed by atoms with van der Waals surface area (Å²) in [5, 5.41) is 7.73. The number of hydrogen-bond donors (Lipinski definition) is 2. The Morgan fingerprint density at radius 2 is 2.24 bits per heavy atom. The molecule has 0 bridgehead atoms. The van der Waals surface area contributed by atoms with Crippen molar-refractivity contribution in [1.29, 1.82) is 0 Å². The topological polar surface area (TPSA) is 68.2 Å². The number of hydrogen-bond acceptors (Lipinski definition) is 4. The highest BCUT2D eigenvalue weighted by atomic mass is 15.2. The van der Waals surface area contributed by atoms with Crippen molar-refractivity contribution in [2.45, 2.75) is 39.3 Å². The Morgan fingerprint density at radius 3 is 2.94 bits per heavy atom. The van der Waals surface area contributed by atoms with Crippen LogP contribution < -0.4 is 11.1 Å².